The molecule has 1 rings (SSSR count). The van der Waals surface area contributed by atoms with Crippen LogP contribution in [0, 0.1) is 0 Å². The summed E-state index contributed by atoms with van der Waals surface area (Å²) in [6.07, 6.45) is 1.45. The molecule has 1 aromatic rings. The molecule has 72 valence electrons. The number of hydrogen-bond donors (Lipinski definition) is 1. The molecule has 0 aliphatic carbocycles. The summed E-state index contributed by atoms with van der Waals surface area (Å²) in [4.78, 5) is 12.2. The summed E-state index contributed by atoms with van der Waals surface area (Å²) in [5.41, 5.74) is 0. The van der Waals surface area contributed by atoms with Crippen molar-refractivity contribution in [3.63, 3.8) is 0 Å². The second kappa shape index (κ2) is 5.37. The lowest BCUT2D eigenvalue weighted by Crippen LogP contribution is -2.01. The average molecular weight is 219 g/mol. The number of thiophene rings is 1. The van der Waals surface area contributed by atoms with Crippen LogP contribution in [0.15, 0.2) is 12.1 Å². The lowest BCUT2D eigenvalue weighted by molar-refractivity contribution is -0.118. The maximum atomic E-state index is 11.2. The van der Waals surface area contributed by atoms with E-state index < -0.39 is 0 Å². The zero-order chi connectivity index (χ0) is 9.68. The minimum atomic E-state index is 0.0803. The van der Waals surface area contributed by atoms with Gasteiger partial charge in [-0.15, -0.1) is 11.3 Å². The van der Waals surface area contributed by atoms with Crippen LogP contribution in [-0.2, 0) is 11.2 Å². The molecule has 4 heteroatoms. The summed E-state index contributed by atoms with van der Waals surface area (Å²) in [6, 6.07) is 3.66. The van der Waals surface area contributed by atoms with Gasteiger partial charge in [-0.25, -0.2) is 0 Å². The third-order valence-electron chi connectivity index (χ3n) is 1.61. The highest BCUT2D eigenvalue weighted by Gasteiger charge is 2.05. The molecule has 0 fully saturated rings. The van der Waals surface area contributed by atoms with Crippen molar-refractivity contribution >= 4 is 28.7 Å². The molecule has 0 aromatic carbocycles. The summed E-state index contributed by atoms with van der Waals surface area (Å²) >= 11 is 7.15. The number of ketones is 1. The summed E-state index contributed by atoms with van der Waals surface area (Å²) < 4.78 is 0.713. The summed E-state index contributed by atoms with van der Waals surface area (Å²) in [6.45, 7) is 0.0803. The van der Waals surface area contributed by atoms with Gasteiger partial charge in [0.15, 0.2) is 0 Å². The van der Waals surface area contributed by atoms with E-state index in [-0.39, 0.29) is 12.4 Å². The van der Waals surface area contributed by atoms with Crippen LogP contribution in [0.4, 0.5) is 0 Å². The van der Waals surface area contributed by atoms with E-state index in [1.54, 1.807) is 6.07 Å². The summed E-state index contributed by atoms with van der Waals surface area (Å²) in [7, 11) is 0. The van der Waals surface area contributed by atoms with E-state index in [2.05, 4.69) is 0 Å². The van der Waals surface area contributed by atoms with Gasteiger partial charge in [0.2, 0.25) is 0 Å². The minimum absolute atomic E-state index is 0.0803. The molecule has 1 heterocycles. The van der Waals surface area contributed by atoms with Crippen LogP contribution in [0.2, 0.25) is 4.34 Å². The van der Waals surface area contributed by atoms with Gasteiger partial charge in [-0.1, -0.05) is 11.6 Å². The molecular formula is C9H11ClO2S. The zero-order valence-electron chi connectivity index (χ0n) is 7.12. The van der Waals surface area contributed by atoms with Crippen molar-refractivity contribution in [2.45, 2.75) is 19.3 Å². The largest absolute Gasteiger partial charge is 0.396 e. The number of carbonyl (C=O) groups excluding carboxylic acids is 1. The molecule has 0 aliphatic rings. The Hall–Kier alpha value is -0.380. The second-order valence-corrected chi connectivity index (χ2v) is 4.55. The first-order valence-corrected chi connectivity index (χ1v) is 5.28. The Bertz CT molecular complexity index is 283. The van der Waals surface area contributed by atoms with Crippen LogP contribution in [0.25, 0.3) is 0 Å². The molecule has 0 unspecified atom stereocenters. The lowest BCUT2D eigenvalue weighted by atomic mass is 10.1. The minimum Gasteiger partial charge on any atom is -0.396 e. The van der Waals surface area contributed by atoms with E-state index in [1.165, 1.54) is 11.3 Å². The molecule has 0 spiro atoms. The third-order valence-corrected chi connectivity index (χ3v) is 2.85. The van der Waals surface area contributed by atoms with Crippen molar-refractivity contribution in [3.8, 4) is 0 Å². The van der Waals surface area contributed by atoms with Gasteiger partial charge < -0.3 is 5.11 Å². The van der Waals surface area contributed by atoms with Crippen LogP contribution in [0.3, 0.4) is 0 Å². The topological polar surface area (TPSA) is 37.3 Å². The number of halogens is 1. The first-order valence-electron chi connectivity index (χ1n) is 4.09. The third kappa shape index (κ3) is 3.89. The Balaban J connectivity index is 2.36. The maximum absolute atomic E-state index is 11.2. The fraction of sp³-hybridized carbons (Fsp3) is 0.444. The average Bonchev–Trinajstić information content (AvgIpc) is 2.48. The van der Waals surface area contributed by atoms with Crippen LogP contribution in [0.5, 0.6) is 0 Å². The standard InChI is InChI=1S/C9H11ClO2S/c10-9-4-3-8(13-9)6-7(12)2-1-5-11/h3-4,11H,1-2,5-6H2. The molecule has 0 saturated heterocycles. The van der Waals surface area contributed by atoms with Gasteiger partial charge in [-0.2, -0.15) is 0 Å². The highest BCUT2D eigenvalue weighted by atomic mass is 35.5. The highest BCUT2D eigenvalue weighted by molar-refractivity contribution is 7.16. The molecular weight excluding hydrogens is 208 g/mol. The van der Waals surface area contributed by atoms with E-state index in [1.807, 2.05) is 6.07 Å². The molecule has 0 aliphatic heterocycles. The summed E-state index contributed by atoms with van der Waals surface area (Å²) in [5, 5.41) is 8.51. The number of rotatable bonds is 5. The monoisotopic (exact) mass is 218 g/mol. The molecule has 0 atom stereocenters. The van der Waals surface area contributed by atoms with Gasteiger partial charge in [0.05, 0.1) is 4.34 Å². The second-order valence-electron chi connectivity index (χ2n) is 2.75. The fourth-order valence-electron chi connectivity index (χ4n) is 1.01. The molecule has 13 heavy (non-hydrogen) atoms. The fourth-order valence-corrected chi connectivity index (χ4v) is 2.12. The van der Waals surface area contributed by atoms with E-state index in [0.717, 1.165) is 4.88 Å². The zero-order valence-corrected chi connectivity index (χ0v) is 8.70. The molecule has 0 radical (unpaired) electrons. The number of carbonyl (C=O) groups is 1. The van der Waals surface area contributed by atoms with E-state index >= 15 is 0 Å². The van der Waals surface area contributed by atoms with Crippen molar-refractivity contribution in [2.75, 3.05) is 6.61 Å². The van der Waals surface area contributed by atoms with Crippen molar-refractivity contribution < 1.29 is 9.90 Å². The molecule has 2 nitrogen and oxygen atoms in total. The molecule has 0 saturated carbocycles. The maximum Gasteiger partial charge on any atom is 0.138 e. The number of hydrogen-bond acceptors (Lipinski definition) is 3. The van der Waals surface area contributed by atoms with Gasteiger partial charge in [0.25, 0.3) is 0 Å². The quantitative estimate of drug-likeness (QED) is 0.824. The predicted octanol–water partition coefficient (Wildman–Crippen LogP) is 2.29. The lowest BCUT2D eigenvalue weighted by Gasteiger charge is -1.95. The normalized spacial score (nSPS) is 10.3. The van der Waals surface area contributed by atoms with Gasteiger partial charge in [0.1, 0.15) is 5.78 Å². The van der Waals surface area contributed by atoms with Gasteiger partial charge >= 0.3 is 0 Å². The Morgan fingerprint density at radius 3 is 2.85 bits per heavy atom. The van der Waals surface area contributed by atoms with E-state index in [4.69, 9.17) is 16.7 Å². The van der Waals surface area contributed by atoms with Crippen molar-refractivity contribution in [1.29, 1.82) is 0 Å². The SMILES string of the molecule is O=C(CCCO)Cc1ccc(Cl)s1. The van der Waals surface area contributed by atoms with Gasteiger partial charge in [0, 0.05) is 24.3 Å². The van der Waals surface area contributed by atoms with Gasteiger partial charge in [-0.3, -0.25) is 4.79 Å². The van der Waals surface area contributed by atoms with Crippen molar-refractivity contribution in [1.82, 2.24) is 0 Å². The highest BCUT2D eigenvalue weighted by Crippen LogP contribution is 2.22. The van der Waals surface area contributed by atoms with Gasteiger partial charge in [-0.05, 0) is 18.6 Å². The molecule has 0 amide bonds. The van der Waals surface area contributed by atoms with Crippen LogP contribution in [-0.4, -0.2) is 17.5 Å². The first-order chi connectivity index (χ1) is 6.22. The number of aliphatic hydroxyl groups excluding tert-OH is 1. The first kappa shape index (κ1) is 10.7. The van der Waals surface area contributed by atoms with Crippen LogP contribution in [0.1, 0.15) is 17.7 Å². The Morgan fingerprint density at radius 2 is 2.31 bits per heavy atom. The molecule has 0 bridgehead atoms. The smallest absolute Gasteiger partial charge is 0.138 e. The number of aliphatic hydroxyl groups is 1. The van der Waals surface area contributed by atoms with Crippen LogP contribution < -0.4 is 0 Å². The molecule has 1 aromatic heterocycles. The number of Topliss-reactive ketones (excluding diaryl/α,β-unsaturated/α-hetero) is 1. The predicted molar refractivity (Wildman–Crippen MR) is 54.4 cm³/mol. The van der Waals surface area contributed by atoms with Crippen molar-refractivity contribution in [2.24, 2.45) is 0 Å². The summed E-state index contributed by atoms with van der Waals surface area (Å²) in [5.74, 6) is 0.160. The van der Waals surface area contributed by atoms with Crippen LogP contribution >= 0.6 is 22.9 Å². The van der Waals surface area contributed by atoms with E-state index in [0.29, 0.717) is 23.6 Å². The van der Waals surface area contributed by atoms with E-state index in [9.17, 15) is 4.79 Å². The Labute approximate surface area is 86.2 Å². The Kier molecular flexibility index (Phi) is 4.42. The molecule has 1 N–H and O–H groups in total. The Morgan fingerprint density at radius 1 is 1.54 bits per heavy atom. The van der Waals surface area contributed by atoms with Crippen molar-refractivity contribution in [3.05, 3.63) is 21.3 Å².